The third kappa shape index (κ3) is 4.10. The molecule has 1 aromatic heterocycles. The van der Waals surface area contributed by atoms with Crippen molar-refractivity contribution >= 4 is 28.3 Å². The third-order valence-corrected chi connectivity index (χ3v) is 5.95. The van der Waals surface area contributed by atoms with E-state index in [0.29, 0.717) is 5.92 Å². The Morgan fingerprint density at radius 2 is 1.85 bits per heavy atom. The van der Waals surface area contributed by atoms with Crippen LogP contribution in [0.5, 0.6) is 0 Å². The van der Waals surface area contributed by atoms with Crippen LogP contribution in [0.25, 0.3) is 10.9 Å². The average Bonchev–Trinajstić information content (AvgIpc) is 3.36. The van der Waals surface area contributed by atoms with Crippen molar-refractivity contribution in [2.75, 3.05) is 6.54 Å². The fourth-order valence-electron chi connectivity index (χ4n) is 4.23. The predicted octanol–water partition coefficient (Wildman–Crippen LogP) is 5.40. The number of halogens is 1. The second-order valence-corrected chi connectivity index (χ2v) is 7.90. The molecule has 4 heteroatoms. The van der Waals surface area contributed by atoms with E-state index in [1.807, 2.05) is 42.6 Å². The molecule has 1 saturated carbocycles. The highest BCUT2D eigenvalue weighted by atomic mass is 35.5. The van der Waals surface area contributed by atoms with E-state index >= 15 is 0 Å². The van der Waals surface area contributed by atoms with Crippen molar-refractivity contribution in [3.8, 4) is 0 Å². The maximum absolute atomic E-state index is 13.4. The number of carbonyl (C=O) groups is 1. The van der Waals surface area contributed by atoms with E-state index in [-0.39, 0.29) is 11.8 Å². The molecule has 0 bridgehead atoms. The average molecular weight is 381 g/mol. The number of benzene rings is 2. The monoisotopic (exact) mass is 380 g/mol. The quantitative estimate of drug-likeness (QED) is 0.539. The molecule has 0 radical (unpaired) electrons. The van der Waals surface area contributed by atoms with E-state index in [2.05, 4.69) is 22.4 Å². The van der Waals surface area contributed by atoms with Crippen molar-refractivity contribution in [3.63, 3.8) is 0 Å². The van der Waals surface area contributed by atoms with Crippen LogP contribution < -0.4 is 5.32 Å². The molecule has 2 N–H and O–H groups in total. The number of H-pyrrole nitrogens is 1. The van der Waals surface area contributed by atoms with Crippen molar-refractivity contribution in [2.45, 2.75) is 38.1 Å². The zero-order valence-corrected chi connectivity index (χ0v) is 16.1. The SMILES string of the molecule is O=C(c1c[nH]c2ccccc12)[C@@H](NCCc1ccc(Cl)cc1)C1CCCC1. The maximum Gasteiger partial charge on any atom is 0.182 e. The molecule has 0 amide bonds. The molecule has 2 aromatic carbocycles. The largest absolute Gasteiger partial charge is 0.360 e. The number of Topliss-reactive ketones (excluding diaryl/α,β-unsaturated/α-hetero) is 1. The molecule has 140 valence electrons. The van der Waals surface area contributed by atoms with Gasteiger partial charge in [-0.15, -0.1) is 0 Å². The molecule has 27 heavy (non-hydrogen) atoms. The minimum atomic E-state index is -0.112. The summed E-state index contributed by atoms with van der Waals surface area (Å²) in [6.07, 6.45) is 7.47. The van der Waals surface area contributed by atoms with Gasteiger partial charge in [0, 0.05) is 27.7 Å². The maximum atomic E-state index is 13.4. The van der Waals surface area contributed by atoms with Gasteiger partial charge in [0.05, 0.1) is 6.04 Å². The van der Waals surface area contributed by atoms with Crippen LogP contribution in [0.2, 0.25) is 5.02 Å². The summed E-state index contributed by atoms with van der Waals surface area (Å²) < 4.78 is 0. The standard InChI is InChI=1S/C23H25ClN2O/c24-18-11-9-16(10-12-18)13-14-25-22(17-5-1-2-6-17)23(27)20-15-26-21-8-4-3-7-19(20)21/h3-4,7-12,15,17,22,25-26H,1-2,5-6,13-14H2/t22-/m0/s1. The van der Waals surface area contributed by atoms with Crippen LogP contribution in [0.3, 0.4) is 0 Å². The first kappa shape index (κ1) is 18.3. The number of fused-ring (bicyclic) bond motifs is 1. The highest BCUT2D eigenvalue weighted by molar-refractivity contribution is 6.30. The molecule has 1 fully saturated rings. The Balaban J connectivity index is 1.50. The lowest BCUT2D eigenvalue weighted by molar-refractivity contribution is 0.0909. The third-order valence-electron chi connectivity index (χ3n) is 5.70. The number of rotatable bonds is 7. The van der Waals surface area contributed by atoms with Crippen molar-refractivity contribution < 1.29 is 4.79 Å². The highest BCUT2D eigenvalue weighted by Gasteiger charge is 2.31. The predicted molar refractivity (Wildman–Crippen MR) is 112 cm³/mol. The second kappa shape index (κ2) is 8.28. The Hall–Kier alpha value is -2.10. The van der Waals surface area contributed by atoms with Gasteiger partial charge >= 0.3 is 0 Å². The van der Waals surface area contributed by atoms with Gasteiger partial charge in [-0.3, -0.25) is 4.79 Å². The van der Waals surface area contributed by atoms with Gasteiger partial charge in [0.1, 0.15) is 0 Å². The van der Waals surface area contributed by atoms with Crippen LogP contribution in [-0.2, 0) is 6.42 Å². The van der Waals surface area contributed by atoms with Crippen molar-refractivity contribution in [1.82, 2.24) is 10.3 Å². The number of carbonyl (C=O) groups excluding carboxylic acids is 1. The second-order valence-electron chi connectivity index (χ2n) is 7.46. The van der Waals surface area contributed by atoms with Crippen molar-refractivity contribution in [3.05, 3.63) is 70.9 Å². The van der Waals surface area contributed by atoms with Gasteiger partial charge in [-0.05, 0) is 55.5 Å². The summed E-state index contributed by atoms with van der Waals surface area (Å²) >= 11 is 5.97. The topological polar surface area (TPSA) is 44.9 Å². The number of ketones is 1. The van der Waals surface area contributed by atoms with E-state index in [1.165, 1.54) is 18.4 Å². The first-order valence-corrected chi connectivity index (χ1v) is 10.2. The summed E-state index contributed by atoms with van der Waals surface area (Å²) in [4.78, 5) is 16.6. The normalized spacial score (nSPS) is 16.0. The van der Waals surface area contributed by atoms with E-state index in [0.717, 1.165) is 47.3 Å². The Bertz CT molecular complexity index is 910. The van der Waals surface area contributed by atoms with Gasteiger partial charge < -0.3 is 10.3 Å². The molecule has 1 heterocycles. The Morgan fingerprint density at radius 1 is 1.11 bits per heavy atom. The molecule has 1 aliphatic rings. The van der Waals surface area contributed by atoms with Crippen LogP contribution >= 0.6 is 11.6 Å². The molecular formula is C23H25ClN2O. The number of hydrogen-bond acceptors (Lipinski definition) is 2. The molecule has 0 unspecified atom stereocenters. The number of hydrogen-bond donors (Lipinski definition) is 2. The smallest absolute Gasteiger partial charge is 0.182 e. The van der Waals surface area contributed by atoms with Gasteiger partial charge in [0.25, 0.3) is 0 Å². The lowest BCUT2D eigenvalue weighted by Crippen LogP contribution is -2.43. The molecule has 4 rings (SSSR count). The fourth-order valence-corrected chi connectivity index (χ4v) is 4.36. The minimum absolute atomic E-state index is 0.112. The summed E-state index contributed by atoms with van der Waals surface area (Å²) in [6, 6.07) is 15.9. The zero-order chi connectivity index (χ0) is 18.6. The van der Waals surface area contributed by atoms with Crippen molar-refractivity contribution in [2.24, 2.45) is 5.92 Å². The first-order chi connectivity index (χ1) is 13.2. The molecule has 1 aliphatic carbocycles. The highest BCUT2D eigenvalue weighted by Crippen LogP contribution is 2.30. The van der Waals surface area contributed by atoms with Crippen LogP contribution in [0.4, 0.5) is 0 Å². The summed E-state index contributed by atoms with van der Waals surface area (Å²) in [5.41, 5.74) is 3.06. The number of nitrogens with one attached hydrogen (secondary N) is 2. The Kier molecular flexibility index (Phi) is 5.61. The first-order valence-electron chi connectivity index (χ1n) is 9.80. The fraction of sp³-hybridized carbons (Fsp3) is 0.348. The summed E-state index contributed by atoms with van der Waals surface area (Å²) in [5.74, 6) is 0.645. The summed E-state index contributed by atoms with van der Waals surface area (Å²) in [5, 5.41) is 5.35. The van der Waals surface area contributed by atoms with Crippen LogP contribution in [-0.4, -0.2) is 23.4 Å². The number of aromatic amines is 1. The van der Waals surface area contributed by atoms with Crippen LogP contribution in [0.15, 0.2) is 54.7 Å². The lowest BCUT2D eigenvalue weighted by atomic mass is 9.90. The molecule has 0 spiro atoms. The molecule has 3 aromatic rings. The van der Waals surface area contributed by atoms with E-state index in [1.54, 1.807) is 0 Å². The molecule has 1 atom stereocenters. The minimum Gasteiger partial charge on any atom is -0.360 e. The van der Waals surface area contributed by atoms with E-state index < -0.39 is 0 Å². The number of para-hydroxylation sites is 1. The van der Waals surface area contributed by atoms with Crippen molar-refractivity contribution in [1.29, 1.82) is 0 Å². The van der Waals surface area contributed by atoms with Crippen LogP contribution in [0, 0.1) is 5.92 Å². The molecule has 0 aliphatic heterocycles. The van der Waals surface area contributed by atoms with Gasteiger partial charge in [0.2, 0.25) is 0 Å². The molecule has 0 saturated heterocycles. The van der Waals surface area contributed by atoms with E-state index in [4.69, 9.17) is 11.6 Å². The van der Waals surface area contributed by atoms with Crippen LogP contribution in [0.1, 0.15) is 41.6 Å². The summed E-state index contributed by atoms with van der Waals surface area (Å²) in [7, 11) is 0. The van der Waals surface area contributed by atoms with Gasteiger partial charge in [0.15, 0.2) is 5.78 Å². The van der Waals surface area contributed by atoms with E-state index in [9.17, 15) is 4.79 Å². The lowest BCUT2D eigenvalue weighted by Gasteiger charge is -2.23. The van der Waals surface area contributed by atoms with Gasteiger partial charge in [-0.1, -0.05) is 54.8 Å². The molecular weight excluding hydrogens is 356 g/mol. The Labute approximate surface area is 165 Å². The summed E-state index contributed by atoms with van der Waals surface area (Å²) in [6.45, 7) is 0.789. The Morgan fingerprint density at radius 3 is 2.63 bits per heavy atom. The molecule has 3 nitrogen and oxygen atoms in total. The van der Waals surface area contributed by atoms with Gasteiger partial charge in [-0.2, -0.15) is 0 Å². The number of aromatic nitrogens is 1. The van der Waals surface area contributed by atoms with Gasteiger partial charge in [-0.25, -0.2) is 0 Å². The zero-order valence-electron chi connectivity index (χ0n) is 15.4.